The van der Waals surface area contributed by atoms with Crippen molar-refractivity contribution < 1.29 is 9.13 Å². The van der Waals surface area contributed by atoms with Crippen molar-refractivity contribution in [2.75, 3.05) is 20.1 Å². The first-order chi connectivity index (χ1) is 8.52. The average molecular weight is 253 g/mol. The Balaban J connectivity index is 2.42. The van der Waals surface area contributed by atoms with Gasteiger partial charge in [-0.2, -0.15) is 0 Å². The lowest BCUT2D eigenvalue weighted by Crippen LogP contribution is -2.25. The highest BCUT2D eigenvalue weighted by molar-refractivity contribution is 5.32. The minimum atomic E-state index is -0.213. The van der Waals surface area contributed by atoms with Gasteiger partial charge in [0.1, 0.15) is 11.6 Å². The van der Waals surface area contributed by atoms with E-state index >= 15 is 0 Å². The highest BCUT2D eigenvalue weighted by atomic mass is 19.1. The van der Waals surface area contributed by atoms with Gasteiger partial charge in [-0.05, 0) is 64.0 Å². The fourth-order valence-electron chi connectivity index (χ4n) is 1.92. The predicted molar refractivity (Wildman–Crippen MR) is 73.6 cm³/mol. The second-order valence-corrected chi connectivity index (χ2v) is 4.93. The van der Waals surface area contributed by atoms with E-state index in [-0.39, 0.29) is 11.9 Å². The maximum Gasteiger partial charge on any atom is 0.123 e. The Bertz CT molecular complexity index is 368. The van der Waals surface area contributed by atoms with E-state index < -0.39 is 0 Å². The number of aryl methyl sites for hydroxylation is 1. The van der Waals surface area contributed by atoms with Gasteiger partial charge in [0.05, 0.1) is 6.10 Å². The number of hydrogen-bond acceptors (Lipinski definition) is 2. The van der Waals surface area contributed by atoms with Gasteiger partial charge in [0, 0.05) is 6.54 Å². The number of ether oxygens (including phenoxy) is 1. The summed E-state index contributed by atoms with van der Waals surface area (Å²) in [6, 6.07) is 4.65. The molecule has 1 rings (SSSR count). The molecule has 0 fully saturated rings. The normalized spacial score (nSPS) is 12.8. The summed E-state index contributed by atoms with van der Waals surface area (Å²) < 4.78 is 18.8. The van der Waals surface area contributed by atoms with E-state index in [0.29, 0.717) is 0 Å². The van der Waals surface area contributed by atoms with Gasteiger partial charge in [0.15, 0.2) is 0 Å². The molecule has 0 spiro atoms. The Morgan fingerprint density at radius 2 is 2.06 bits per heavy atom. The summed E-state index contributed by atoms with van der Waals surface area (Å²) in [4.78, 5) is 2.30. The first-order valence-corrected chi connectivity index (χ1v) is 6.64. The molecule has 1 aromatic rings. The average Bonchev–Trinajstić information content (AvgIpc) is 2.31. The molecule has 1 unspecified atom stereocenters. The summed E-state index contributed by atoms with van der Waals surface area (Å²) in [6.45, 7) is 8.24. The van der Waals surface area contributed by atoms with E-state index in [1.54, 1.807) is 6.07 Å². The molecule has 0 aliphatic rings. The van der Waals surface area contributed by atoms with Crippen molar-refractivity contribution >= 4 is 0 Å². The van der Waals surface area contributed by atoms with E-state index in [9.17, 15) is 4.39 Å². The van der Waals surface area contributed by atoms with Crippen LogP contribution in [0.3, 0.4) is 0 Å². The molecule has 0 heterocycles. The van der Waals surface area contributed by atoms with Crippen LogP contribution in [0.4, 0.5) is 4.39 Å². The molecule has 102 valence electrons. The molecule has 0 bridgehead atoms. The predicted octanol–water partition coefficient (Wildman–Crippen LogP) is 3.63. The van der Waals surface area contributed by atoms with Crippen LogP contribution in [0.15, 0.2) is 18.2 Å². The first-order valence-electron chi connectivity index (χ1n) is 6.64. The standard InChI is InChI=1S/C15H24FNO/c1-5-9-17(4)10-8-13(3)18-15-7-6-14(16)11-12(15)2/h6-7,11,13H,5,8-10H2,1-4H3. The summed E-state index contributed by atoms with van der Waals surface area (Å²) in [5.41, 5.74) is 0.851. The number of benzene rings is 1. The van der Waals surface area contributed by atoms with Gasteiger partial charge >= 0.3 is 0 Å². The van der Waals surface area contributed by atoms with Gasteiger partial charge in [-0.15, -0.1) is 0 Å². The van der Waals surface area contributed by atoms with Gasteiger partial charge in [-0.25, -0.2) is 4.39 Å². The molecule has 0 radical (unpaired) electrons. The van der Waals surface area contributed by atoms with Crippen LogP contribution in [0, 0.1) is 12.7 Å². The van der Waals surface area contributed by atoms with Crippen LogP contribution in [-0.4, -0.2) is 31.1 Å². The maximum absolute atomic E-state index is 13.0. The largest absolute Gasteiger partial charge is 0.490 e. The molecule has 2 nitrogen and oxygen atoms in total. The van der Waals surface area contributed by atoms with Crippen LogP contribution >= 0.6 is 0 Å². The molecule has 0 saturated carbocycles. The van der Waals surface area contributed by atoms with Gasteiger partial charge in [0.2, 0.25) is 0 Å². The monoisotopic (exact) mass is 253 g/mol. The van der Waals surface area contributed by atoms with Crippen LogP contribution < -0.4 is 4.74 Å². The van der Waals surface area contributed by atoms with Crippen molar-refractivity contribution in [3.8, 4) is 5.75 Å². The van der Waals surface area contributed by atoms with Gasteiger partial charge in [-0.1, -0.05) is 6.92 Å². The maximum atomic E-state index is 13.0. The third-order valence-electron chi connectivity index (χ3n) is 2.99. The van der Waals surface area contributed by atoms with Crippen molar-refractivity contribution in [3.05, 3.63) is 29.6 Å². The van der Waals surface area contributed by atoms with Crippen LogP contribution in [0.1, 0.15) is 32.3 Å². The molecule has 18 heavy (non-hydrogen) atoms. The molecule has 0 aromatic heterocycles. The van der Waals surface area contributed by atoms with Crippen LogP contribution in [0.5, 0.6) is 5.75 Å². The second kappa shape index (κ2) is 7.37. The molecule has 0 aliphatic heterocycles. The summed E-state index contributed by atoms with van der Waals surface area (Å²) >= 11 is 0. The summed E-state index contributed by atoms with van der Waals surface area (Å²) in [6.07, 6.45) is 2.30. The highest BCUT2D eigenvalue weighted by Crippen LogP contribution is 2.20. The van der Waals surface area contributed by atoms with E-state index in [4.69, 9.17) is 4.74 Å². The van der Waals surface area contributed by atoms with E-state index in [0.717, 1.165) is 30.8 Å². The molecular weight excluding hydrogens is 229 g/mol. The number of nitrogens with zero attached hydrogens (tertiary/aromatic N) is 1. The van der Waals surface area contributed by atoms with Crippen LogP contribution in [0.25, 0.3) is 0 Å². The Morgan fingerprint density at radius 3 is 2.67 bits per heavy atom. The molecule has 1 aromatic carbocycles. The zero-order chi connectivity index (χ0) is 13.5. The third kappa shape index (κ3) is 5.05. The summed E-state index contributed by atoms with van der Waals surface area (Å²) in [7, 11) is 2.12. The van der Waals surface area contributed by atoms with Gasteiger partial charge < -0.3 is 9.64 Å². The Hall–Kier alpha value is -1.09. The van der Waals surface area contributed by atoms with Crippen molar-refractivity contribution in [1.29, 1.82) is 0 Å². The second-order valence-electron chi connectivity index (χ2n) is 4.93. The SMILES string of the molecule is CCCN(C)CCC(C)Oc1ccc(F)cc1C. The lowest BCUT2D eigenvalue weighted by atomic mass is 10.2. The van der Waals surface area contributed by atoms with Crippen molar-refractivity contribution in [2.45, 2.75) is 39.7 Å². The minimum Gasteiger partial charge on any atom is -0.490 e. The van der Waals surface area contributed by atoms with Gasteiger partial charge in [-0.3, -0.25) is 0 Å². The smallest absolute Gasteiger partial charge is 0.123 e. The fourth-order valence-corrected chi connectivity index (χ4v) is 1.92. The number of rotatable bonds is 7. The van der Waals surface area contributed by atoms with Crippen molar-refractivity contribution in [2.24, 2.45) is 0 Å². The quantitative estimate of drug-likeness (QED) is 0.735. The van der Waals surface area contributed by atoms with Gasteiger partial charge in [0.25, 0.3) is 0 Å². The zero-order valence-electron chi connectivity index (χ0n) is 11.9. The molecule has 0 saturated heterocycles. The van der Waals surface area contributed by atoms with Crippen molar-refractivity contribution in [1.82, 2.24) is 4.90 Å². The zero-order valence-corrected chi connectivity index (χ0v) is 11.9. The fraction of sp³-hybridized carbons (Fsp3) is 0.600. The third-order valence-corrected chi connectivity index (χ3v) is 2.99. The molecule has 1 atom stereocenters. The Morgan fingerprint density at radius 1 is 1.33 bits per heavy atom. The lowest BCUT2D eigenvalue weighted by molar-refractivity contribution is 0.186. The Labute approximate surface area is 110 Å². The van der Waals surface area contributed by atoms with E-state index in [2.05, 4.69) is 25.8 Å². The minimum absolute atomic E-state index is 0.147. The van der Waals surface area contributed by atoms with Crippen LogP contribution in [-0.2, 0) is 0 Å². The number of halogens is 1. The van der Waals surface area contributed by atoms with E-state index in [1.807, 2.05) is 6.92 Å². The first kappa shape index (κ1) is 15.0. The Kier molecular flexibility index (Phi) is 6.13. The molecule has 0 amide bonds. The van der Waals surface area contributed by atoms with Crippen LogP contribution in [0.2, 0.25) is 0 Å². The topological polar surface area (TPSA) is 12.5 Å². The summed E-state index contributed by atoms with van der Waals surface area (Å²) in [5.74, 6) is 0.567. The molecule has 0 aliphatic carbocycles. The lowest BCUT2D eigenvalue weighted by Gasteiger charge is -2.20. The summed E-state index contributed by atoms with van der Waals surface area (Å²) in [5, 5.41) is 0. The molecule has 0 N–H and O–H groups in total. The highest BCUT2D eigenvalue weighted by Gasteiger charge is 2.08. The number of hydrogen-bond donors (Lipinski definition) is 0. The molecular formula is C15H24FNO. The molecule has 3 heteroatoms. The van der Waals surface area contributed by atoms with E-state index in [1.165, 1.54) is 18.6 Å². The van der Waals surface area contributed by atoms with Crippen molar-refractivity contribution in [3.63, 3.8) is 0 Å².